The molecule has 0 unspecified atom stereocenters. The van der Waals surface area contributed by atoms with Crippen molar-refractivity contribution in [2.75, 3.05) is 24.6 Å². The number of morpholine rings is 1. The van der Waals surface area contributed by atoms with Crippen LogP contribution in [-0.2, 0) is 11.3 Å². The maximum absolute atomic E-state index is 12.1. The first-order valence-electron chi connectivity index (χ1n) is 8.32. The normalized spacial score (nSPS) is 17.4. The van der Waals surface area contributed by atoms with E-state index in [4.69, 9.17) is 4.74 Å². The molecule has 132 valence electrons. The maximum atomic E-state index is 12.1. The highest BCUT2D eigenvalue weighted by Crippen LogP contribution is 2.15. The van der Waals surface area contributed by atoms with E-state index < -0.39 is 0 Å². The first-order chi connectivity index (χ1) is 12.0. The Morgan fingerprint density at radius 1 is 1.44 bits per heavy atom. The molecule has 7 heteroatoms. The molecule has 25 heavy (non-hydrogen) atoms. The molecule has 0 saturated carbocycles. The van der Waals surface area contributed by atoms with Gasteiger partial charge >= 0.3 is 0 Å². The van der Waals surface area contributed by atoms with E-state index in [0.29, 0.717) is 24.4 Å². The minimum atomic E-state index is -0.251. The van der Waals surface area contributed by atoms with Gasteiger partial charge in [0.15, 0.2) is 5.78 Å². The van der Waals surface area contributed by atoms with Crippen molar-refractivity contribution in [3.05, 3.63) is 47.4 Å². The molecule has 0 radical (unpaired) electrons. The molecular formula is C18H22N4O3. The lowest BCUT2D eigenvalue weighted by Crippen LogP contribution is -2.41. The summed E-state index contributed by atoms with van der Waals surface area (Å²) < 4.78 is 5.54. The molecule has 0 aromatic carbocycles. The first kappa shape index (κ1) is 17.2. The van der Waals surface area contributed by atoms with Crippen molar-refractivity contribution in [3.63, 3.8) is 0 Å². The van der Waals surface area contributed by atoms with Gasteiger partial charge in [-0.25, -0.2) is 4.98 Å². The van der Waals surface area contributed by atoms with Gasteiger partial charge in [0, 0.05) is 37.6 Å². The summed E-state index contributed by atoms with van der Waals surface area (Å²) in [5.41, 5.74) is 1.78. The molecule has 0 aliphatic carbocycles. The molecule has 2 aromatic rings. The second kappa shape index (κ2) is 7.48. The number of carbonyl (C=O) groups excluding carboxylic acids is 2. The van der Waals surface area contributed by atoms with Gasteiger partial charge in [0.2, 0.25) is 0 Å². The Kier molecular flexibility index (Phi) is 5.14. The SMILES string of the molecule is CC(=O)c1c[nH]c(C(=O)NCc2ccc(N3CCO[C@H](C)C3)nc2)c1. The highest BCUT2D eigenvalue weighted by Gasteiger charge is 2.17. The Morgan fingerprint density at radius 3 is 2.92 bits per heavy atom. The molecule has 1 atom stereocenters. The summed E-state index contributed by atoms with van der Waals surface area (Å²) in [7, 11) is 0. The van der Waals surface area contributed by atoms with E-state index in [9.17, 15) is 9.59 Å². The summed E-state index contributed by atoms with van der Waals surface area (Å²) in [6.07, 6.45) is 3.51. The van der Waals surface area contributed by atoms with Crippen molar-refractivity contribution in [1.29, 1.82) is 0 Å². The minimum Gasteiger partial charge on any atom is -0.375 e. The number of amides is 1. The molecule has 1 aliphatic heterocycles. The van der Waals surface area contributed by atoms with E-state index >= 15 is 0 Å². The van der Waals surface area contributed by atoms with Crippen molar-refractivity contribution in [1.82, 2.24) is 15.3 Å². The molecule has 1 fully saturated rings. The van der Waals surface area contributed by atoms with Gasteiger partial charge in [-0.1, -0.05) is 6.07 Å². The van der Waals surface area contributed by atoms with Crippen LogP contribution in [0.2, 0.25) is 0 Å². The molecule has 2 aromatic heterocycles. The zero-order valence-corrected chi connectivity index (χ0v) is 14.4. The quantitative estimate of drug-likeness (QED) is 0.809. The average molecular weight is 342 g/mol. The zero-order valence-electron chi connectivity index (χ0n) is 14.4. The summed E-state index contributed by atoms with van der Waals surface area (Å²) in [6, 6.07) is 5.47. The molecule has 0 bridgehead atoms. The van der Waals surface area contributed by atoms with Crippen LogP contribution in [-0.4, -0.2) is 47.5 Å². The third kappa shape index (κ3) is 4.24. The van der Waals surface area contributed by atoms with Gasteiger partial charge in [0.25, 0.3) is 5.91 Å². The Labute approximate surface area is 146 Å². The molecule has 1 aliphatic rings. The largest absolute Gasteiger partial charge is 0.375 e. The highest BCUT2D eigenvalue weighted by molar-refractivity contribution is 5.99. The number of nitrogens with zero attached hydrogens (tertiary/aromatic N) is 2. The monoisotopic (exact) mass is 342 g/mol. The first-order valence-corrected chi connectivity index (χ1v) is 8.32. The molecule has 2 N–H and O–H groups in total. The van der Waals surface area contributed by atoms with Crippen LogP contribution >= 0.6 is 0 Å². The van der Waals surface area contributed by atoms with Crippen molar-refractivity contribution >= 4 is 17.5 Å². The van der Waals surface area contributed by atoms with Crippen molar-refractivity contribution in [2.45, 2.75) is 26.5 Å². The fourth-order valence-electron chi connectivity index (χ4n) is 2.74. The van der Waals surface area contributed by atoms with Crippen LogP contribution in [0.25, 0.3) is 0 Å². The van der Waals surface area contributed by atoms with Crippen molar-refractivity contribution in [3.8, 4) is 0 Å². The molecule has 7 nitrogen and oxygen atoms in total. The number of H-pyrrole nitrogens is 1. The van der Waals surface area contributed by atoms with Crippen LogP contribution in [0.5, 0.6) is 0 Å². The predicted octanol–water partition coefficient (Wildman–Crippen LogP) is 1.77. The van der Waals surface area contributed by atoms with Gasteiger partial charge in [0.05, 0.1) is 12.7 Å². The minimum absolute atomic E-state index is 0.0764. The lowest BCUT2D eigenvalue weighted by Gasteiger charge is -2.32. The number of anilines is 1. The van der Waals surface area contributed by atoms with Crippen LogP contribution in [0.15, 0.2) is 30.6 Å². The average Bonchev–Trinajstić information content (AvgIpc) is 3.11. The van der Waals surface area contributed by atoms with E-state index in [0.717, 1.165) is 24.5 Å². The van der Waals surface area contributed by atoms with Crippen LogP contribution in [0.3, 0.4) is 0 Å². The number of hydrogen-bond acceptors (Lipinski definition) is 5. The number of carbonyl (C=O) groups is 2. The molecule has 1 amide bonds. The number of Topliss-reactive ketones (excluding diaryl/α,β-unsaturated/α-hetero) is 1. The summed E-state index contributed by atoms with van der Waals surface area (Å²) in [4.78, 5) is 32.9. The Balaban J connectivity index is 1.56. The summed E-state index contributed by atoms with van der Waals surface area (Å²) in [6.45, 7) is 6.26. The second-order valence-corrected chi connectivity index (χ2v) is 6.19. The number of hydrogen-bond donors (Lipinski definition) is 2. The lowest BCUT2D eigenvalue weighted by atomic mass is 10.2. The fourth-order valence-corrected chi connectivity index (χ4v) is 2.74. The van der Waals surface area contributed by atoms with Gasteiger partial charge in [-0.05, 0) is 31.5 Å². The standard InChI is InChI=1S/C18H22N4O3/c1-12-11-22(5-6-25-12)17-4-3-14(8-20-17)9-21-18(24)16-7-15(10-19-16)13(2)23/h3-4,7-8,10,12,19H,5-6,9,11H2,1-2H3,(H,21,24)/t12-/m1/s1. The van der Waals surface area contributed by atoms with E-state index in [2.05, 4.69) is 20.2 Å². The number of ether oxygens (including phenoxy) is 1. The van der Waals surface area contributed by atoms with E-state index in [1.807, 2.05) is 19.1 Å². The number of nitrogens with one attached hydrogen (secondary N) is 2. The topological polar surface area (TPSA) is 87.3 Å². The van der Waals surface area contributed by atoms with E-state index in [1.165, 1.54) is 13.1 Å². The van der Waals surface area contributed by atoms with Crippen molar-refractivity contribution in [2.24, 2.45) is 0 Å². The number of aromatic amines is 1. The van der Waals surface area contributed by atoms with Crippen LogP contribution in [0.1, 0.15) is 40.3 Å². The van der Waals surface area contributed by atoms with Crippen molar-refractivity contribution < 1.29 is 14.3 Å². The summed E-state index contributed by atoms with van der Waals surface area (Å²) in [5.74, 6) is 0.590. The Morgan fingerprint density at radius 2 is 2.28 bits per heavy atom. The third-order valence-electron chi connectivity index (χ3n) is 4.16. The summed E-state index contributed by atoms with van der Waals surface area (Å²) in [5, 5.41) is 2.82. The Bertz CT molecular complexity index is 754. The molecule has 1 saturated heterocycles. The lowest BCUT2D eigenvalue weighted by molar-refractivity contribution is 0.0529. The van der Waals surface area contributed by atoms with Gasteiger partial charge < -0.3 is 19.9 Å². The maximum Gasteiger partial charge on any atom is 0.267 e. The molecule has 3 heterocycles. The summed E-state index contributed by atoms with van der Waals surface area (Å²) >= 11 is 0. The van der Waals surface area contributed by atoms with Crippen LogP contribution < -0.4 is 10.2 Å². The fraction of sp³-hybridized carbons (Fsp3) is 0.389. The molecular weight excluding hydrogens is 320 g/mol. The van der Waals surface area contributed by atoms with E-state index in [-0.39, 0.29) is 17.8 Å². The second-order valence-electron chi connectivity index (χ2n) is 6.19. The van der Waals surface area contributed by atoms with Gasteiger partial charge in [0.1, 0.15) is 11.5 Å². The van der Waals surface area contributed by atoms with Gasteiger partial charge in [-0.3, -0.25) is 9.59 Å². The van der Waals surface area contributed by atoms with Crippen LogP contribution in [0, 0.1) is 0 Å². The van der Waals surface area contributed by atoms with Gasteiger partial charge in [-0.2, -0.15) is 0 Å². The number of ketones is 1. The molecule has 3 rings (SSSR count). The smallest absolute Gasteiger partial charge is 0.267 e. The number of pyridine rings is 1. The predicted molar refractivity (Wildman–Crippen MR) is 93.8 cm³/mol. The Hall–Kier alpha value is -2.67. The number of aromatic nitrogens is 2. The van der Waals surface area contributed by atoms with E-state index in [1.54, 1.807) is 12.3 Å². The number of rotatable bonds is 5. The highest BCUT2D eigenvalue weighted by atomic mass is 16.5. The van der Waals surface area contributed by atoms with Gasteiger partial charge in [-0.15, -0.1) is 0 Å². The van der Waals surface area contributed by atoms with Crippen LogP contribution in [0.4, 0.5) is 5.82 Å². The molecule has 0 spiro atoms. The zero-order chi connectivity index (χ0) is 17.8. The third-order valence-corrected chi connectivity index (χ3v) is 4.16.